The number of hydrogen-bond acceptors (Lipinski definition) is 4. The molecule has 8 rings (SSSR count). The zero-order chi connectivity index (χ0) is 26.8. The summed E-state index contributed by atoms with van der Waals surface area (Å²) in [6, 6.07) is 24.1. The highest BCUT2D eigenvalue weighted by atomic mass is 16.4. The average molecular weight is 517 g/mol. The Kier molecular flexibility index (Phi) is 5.14. The summed E-state index contributed by atoms with van der Waals surface area (Å²) in [6.07, 6.45) is 5.49. The molecule has 5 aromatic rings. The Balaban J connectivity index is 1.25. The molecule has 39 heavy (non-hydrogen) atoms. The van der Waals surface area contributed by atoms with Crippen LogP contribution in [-0.2, 0) is 11.3 Å². The third-order valence-electron chi connectivity index (χ3n) is 8.88. The maximum atomic E-state index is 13.9. The molecular formula is C32H28N4O3. The van der Waals surface area contributed by atoms with Gasteiger partial charge in [-0.3, -0.25) is 19.3 Å². The molecule has 0 unspecified atom stereocenters. The lowest BCUT2D eigenvalue weighted by molar-refractivity contribution is -0.230. The SMILES string of the molecule is C[C@@H](NC(=O)c1cc(-c2ccccc2)cc2cnn(Cc3ccc4cccnc4c3)c12)C12CC(C(=O)O)(C1)C2. The van der Waals surface area contributed by atoms with Gasteiger partial charge in [-0.2, -0.15) is 5.10 Å². The number of hydrogen-bond donors (Lipinski definition) is 2. The maximum absolute atomic E-state index is 13.9. The first-order valence-corrected chi connectivity index (χ1v) is 13.3. The van der Waals surface area contributed by atoms with Gasteiger partial charge >= 0.3 is 5.97 Å². The fourth-order valence-electron chi connectivity index (χ4n) is 6.69. The molecule has 2 bridgehead atoms. The number of pyridine rings is 1. The summed E-state index contributed by atoms with van der Waals surface area (Å²) in [5, 5.41) is 19.4. The topological polar surface area (TPSA) is 97.1 Å². The zero-order valence-corrected chi connectivity index (χ0v) is 21.6. The number of fused-ring (bicyclic) bond motifs is 2. The Hall–Kier alpha value is -4.52. The van der Waals surface area contributed by atoms with Crippen molar-refractivity contribution < 1.29 is 14.7 Å². The standard InChI is InChI=1S/C32H28N4O3/c1-20(31-17-32(18-31,19-31)30(38)39)35-29(37)26-14-24(22-6-3-2-4-7-22)13-25-15-34-36(28(25)26)16-21-9-10-23-8-5-11-33-27(23)12-21/h2-15,20H,16-19H2,1H3,(H,35,37)(H,38,39)/t20-,31?,32?/m1/s1. The van der Waals surface area contributed by atoms with E-state index >= 15 is 0 Å². The molecule has 3 fully saturated rings. The van der Waals surface area contributed by atoms with Gasteiger partial charge in [0.15, 0.2) is 0 Å². The molecule has 2 aromatic heterocycles. The summed E-state index contributed by atoms with van der Waals surface area (Å²) < 4.78 is 1.88. The van der Waals surface area contributed by atoms with Gasteiger partial charge in [-0.25, -0.2) is 0 Å². The van der Waals surface area contributed by atoms with Crippen LogP contribution in [-0.4, -0.2) is 37.8 Å². The van der Waals surface area contributed by atoms with Crippen molar-refractivity contribution in [3.8, 4) is 11.1 Å². The van der Waals surface area contributed by atoms with E-state index in [0.717, 1.165) is 38.5 Å². The molecule has 194 valence electrons. The molecule has 3 aliphatic carbocycles. The number of nitrogens with one attached hydrogen (secondary N) is 1. The minimum absolute atomic E-state index is 0.121. The van der Waals surface area contributed by atoms with Gasteiger partial charge in [-0.1, -0.05) is 48.5 Å². The molecule has 7 heteroatoms. The number of rotatable bonds is 7. The Morgan fingerprint density at radius 2 is 1.77 bits per heavy atom. The molecule has 3 saturated carbocycles. The first kappa shape index (κ1) is 23.6. The van der Waals surface area contributed by atoms with Crippen molar-refractivity contribution in [1.82, 2.24) is 20.1 Å². The average Bonchev–Trinajstić information content (AvgIpc) is 3.29. The maximum Gasteiger partial charge on any atom is 0.309 e. The summed E-state index contributed by atoms with van der Waals surface area (Å²) in [7, 11) is 0. The van der Waals surface area contributed by atoms with Crippen molar-refractivity contribution >= 4 is 33.7 Å². The highest BCUT2D eigenvalue weighted by Crippen LogP contribution is 2.74. The number of aliphatic carboxylic acids is 1. The molecule has 2 N–H and O–H groups in total. The van der Waals surface area contributed by atoms with E-state index in [2.05, 4.69) is 34.6 Å². The fourth-order valence-corrected chi connectivity index (χ4v) is 6.69. The summed E-state index contributed by atoms with van der Waals surface area (Å²) in [5.41, 5.74) is 4.58. The van der Waals surface area contributed by atoms with E-state index in [0.29, 0.717) is 31.4 Å². The van der Waals surface area contributed by atoms with Gasteiger partial charge in [0.05, 0.1) is 34.8 Å². The Labute approximate surface area is 225 Å². The van der Waals surface area contributed by atoms with Gasteiger partial charge in [0.25, 0.3) is 5.91 Å². The predicted molar refractivity (Wildman–Crippen MR) is 149 cm³/mol. The van der Waals surface area contributed by atoms with E-state index in [1.165, 1.54) is 0 Å². The van der Waals surface area contributed by atoms with Crippen molar-refractivity contribution in [3.63, 3.8) is 0 Å². The lowest BCUT2D eigenvalue weighted by Crippen LogP contribution is -2.71. The largest absolute Gasteiger partial charge is 0.481 e. The Morgan fingerprint density at radius 1 is 0.974 bits per heavy atom. The third kappa shape index (κ3) is 3.72. The van der Waals surface area contributed by atoms with Gasteiger partial charge in [0, 0.05) is 23.0 Å². The summed E-state index contributed by atoms with van der Waals surface area (Å²) >= 11 is 0. The second-order valence-electron chi connectivity index (χ2n) is 11.3. The number of amides is 1. The van der Waals surface area contributed by atoms with E-state index in [1.807, 2.05) is 66.3 Å². The molecule has 3 aromatic carbocycles. The third-order valence-corrected chi connectivity index (χ3v) is 8.88. The van der Waals surface area contributed by atoms with Gasteiger partial charge in [0.1, 0.15) is 0 Å². The molecular weight excluding hydrogens is 488 g/mol. The molecule has 0 spiro atoms. The summed E-state index contributed by atoms with van der Waals surface area (Å²) in [4.78, 5) is 29.9. The number of benzene rings is 3. The minimum Gasteiger partial charge on any atom is -0.481 e. The number of carbonyl (C=O) groups is 2. The lowest BCUT2D eigenvalue weighted by atomic mass is 9.33. The van der Waals surface area contributed by atoms with E-state index < -0.39 is 11.4 Å². The monoisotopic (exact) mass is 516 g/mol. The van der Waals surface area contributed by atoms with E-state index in [1.54, 1.807) is 6.20 Å². The second kappa shape index (κ2) is 8.50. The van der Waals surface area contributed by atoms with Crippen LogP contribution in [0, 0.1) is 10.8 Å². The van der Waals surface area contributed by atoms with E-state index in [4.69, 9.17) is 5.10 Å². The first-order valence-electron chi connectivity index (χ1n) is 13.3. The number of carboxylic acid groups (broad SMARTS) is 1. The van der Waals surface area contributed by atoms with E-state index in [9.17, 15) is 14.7 Å². The number of carbonyl (C=O) groups excluding carboxylic acids is 1. The van der Waals surface area contributed by atoms with E-state index in [-0.39, 0.29) is 17.4 Å². The van der Waals surface area contributed by atoms with Gasteiger partial charge in [0.2, 0.25) is 0 Å². The van der Waals surface area contributed by atoms with Crippen LogP contribution >= 0.6 is 0 Å². The van der Waals surface area contributed by atoms with Crippen molar-refractivity contribution in [2.75, 3.05) is 0 Å². The molecule has 1 amide bonds. The van der Waals surface area contributed by atoms with Gasteiger partial charge < -0.3 is 10.4 Å². The second-order valence-corrected chi connectivity index (χ2v) is 11.3. The van der Waals surface area contributed by atoms with Crippen molar-refractivity contribution in [3.05, 3.63) is 96.3 Å². The molecule has 3 aliphatic rings. The van der Waals surface area contributed by atoms with Gasteiger partial charge in [-0.05, 0) is 72.6 Å². The summed E-state index contributed by atoms with van der Waals surface area (Å²) in [5.74, 6) is -0.880. The normalized spacial score (nSPS) is 22.2. The van der Waals surface area contributed by atoms with Crippen LogP contribution in [0.15, 0.2) is 85.2 Å². The molecule has 0 saturated heterocycles. The van der Waals surface area contributed by atoms with Crippen LogP contribution < -0.4 is 5.32 Å². The van der Waals surface area contributed by atoms with Crippen LogP contribution in [0.2, 0.25) is 0 Å². The van der Waals surface area contributed by atoms with Crippen LogP contribution in [0.5, 0.6) is 0 Å². The Bertz CT molecular complexity index is 1760. The predicted octanol–water partition coefficient (Wildman–Crippen LogP) is 5.67. The zero-order valence-electron chi connectivity index (χ0n) is 21.6. The van der Waals surface area contributed by atoms with Crippen LogP contribution in [0.3, 0.4) is 0 Å². The number of nitrogens with zero attached hydrogens (tertiary/aromatic N) is 3. The highest BCUT2D eigenvalue weighted by Gasteiger charge is 2.73. The highest BCUT2D eigenvalue weighted by molar-refractivity contribution is 6.07. The van der Waals surface area contributed by atoms with Crippen LogP contribution in [0.4, 0.5) is 0 Å². The van der Waals surface area contributed by atoms with Crippen molar-refractivity contribution in [1.29, 1.82) is 0 Å². The minimum atomic E-state index is -0.715. The Morgan fingerprint density at radius 3 is 2.54 bits per heavy atom. The molecule has 0 radical (unpaired) electrons. The lowest BCUT2D eigenvalue weighted by Gasteiger charge is -2.70. The van der Waals surface area contributed by atoms with Gasteiger partial charge in [-0.15, -0.1) is 0 Å². The summed E-state index contributed by atoms with van der Waals surface area (Å²) in [6.45, 7) is 2.50. The first-order chi connectivity index (χ1) is 18.9. The quantitative estimate of drug-likeness (QED) is 0.290. The fraction of sp³-hybridized carbons (Fsp3) is 0.250. The van der Waals surface area contributed by atoms with Crippen molar-refractivity contribution in [2.24, 2.45) is 10.8 Å². The van der Waals surface area contributed by atoms with Crippen LogP contribution in [0.25, 0.3) is 32.9 Å². The smallest absolute Gasteiger partial charge is 0.309 e. The number of aromatic nitrogens is 3. The van der Waals surface area contributed by atoms with Crippen molar-refractivity contribution in [2.45, 2.75) is 38.8 Å². The molecule has 1 atom stereocenters. The molecule has 7 nitrogen and oxygen atoms in total. The molecule has 0 aliphatic heterocycles. The number of carboxylic acids is 1. The van der Waals surface area contributed by atoms with Crippen LogP contribution in [0.1, 0.15) is 42.1 Å². The molecule has 2 heterocycles.